The molecule has 3 aromatic carbocycles. The Labute approximate surface area is 162 Å². The predicted molar refractivity (Wildman–Crippen MR) is 106 cm³/mol. The largest absolute Gasteiger partial charge is 0.495 e. The van der Waals surface area contributed by atoms with Crippen LogP contribution in [0.25, 0.3) is 0 Å². The van der Waals surface area contributed by atoms with Crippen LogP contribution in [0.4, 0.5) is 10.1 Å². The number of rotatable bonds is 7. The van der Waals surface area contributed by atoms with E-state index in [2.05, 4.69) is 4.72 Å². The lowest BCUT2D eigenvalue weighted by Gasteiger charge is -2.12. The van der Waals surface area contributed by atoms with Crippen LogP contribution in [0.5, 0.6) is 5.75 Å². The summed E-state index contributed by atoms with van der Waals surface area (Å²) in [7, 11) is -2.63. The lowest BCUT2D eigenvalue weighted by molar-refractivity contribution is 0.401. The topological polar surface area (TPSA) is 55.4 Å². The van der Waals surface area contributed by atoms with Gasteiger partial charge in [-0.3, -0.25) is 4.72 Å². The third-order valence-electron chi connectivity index (χ3n) is 3.77. The molecule has 0 heterocycles. The second kappa shape index (κ2) is 8.45. The Hall–Kier alpha value is -2.51. The number of thioether (sulfide) groups is 1. The van der Waals surface area contributed by atoms with Crippen LogP contribution >= 0.6 is 11.8 Å². The lowest BCUT2D eigenvalue weighted by Crippen LogP contribution is -2.14. The van der Waals surface area contributed by atoms with Crippen LogP contribution in [-0.2, 0) is 15.8 Å². The molecule has 0 aliphatic heterocycles. The van der Waals surface area contributed by atoms with Crippen molar-refractivity contribution in [3.05, 3.63) is 84.2 Å². The van der Waals surface area contributed by atoms with Crippen molar-refractivity contribution in [3.63, 3.8) is 0 Å². The highest BCUT2D eigenvalue weighted by Crippen LogP contribution is 2.27. The van der Waals surface area contributed by atoms with Crippen molar-refractivity contribution >= 4 is 27.5 Å². The fourth-order valence-electron chi connectivity index (χ4n) is 2.42. The maximum Gasteiger partial charge on any atom is 0.265 e. The van der Waals surface area contributed by atoms with Crippen molar-refractivity contribution in [2.75, 3.05) is 11.8 Å². The maximum atomic E-state index is 13.5. The van der Waals surface area contributed by atoms with Crippen LogP contribution < -0.4 is 9.46 Å². The summed E-state index contributed by atoms with van der Waals surface area (Å²) in [6.45, 7) is 0. The Morgan fingerprint density at radius 1 is 1.00 bits per heavy atom. The van der Waals surface area contributed by atoms with Gasteiger partial charge in [0.05, 0.1) is 7.11 Å². The monoisotopic (exact) mass is 403 g/mol. The van der Waals surface area contributed by atoms with Crippen molar-refractivity contribution in [2.24, 2.45) is 0 Å². The van der Waals surface area contributed by atoms with E-state index in [1.807, 2.05) is 42.5 Å². The molecular formula is C20H18FNO3S2. The molecule has 0 saturated heterocycles. The van der Waals surface area contributed by atoms with Crippen molar-refractivity contribution < 1.29 is 17.5 Å². The molecule has 0 bridgehead atoms. The normalized spacial score (nSPS) is 11.2. The van der Waals surface area contributed by atoms with Gasteiger partial charge in [0.25, 0.3) is 10.0 Å². The maximum absolute atomic E-state index is 13.5. The van der Waals surface area contributed by atoms with E-state index in [4.69, 9.17) is 4.74 Å². The van der Waals surface area contributed by atoms with Crippen molar-refractivity contribution in [1.29, 1.82) is 0 Å². The molecule has 3 aromatic rings. The zero-order valence-electron chi connectivity index (χ0n) is 14.6. The van der Waals surface area contributed by atoms with Gasteiger partial charge in [-0.05, 0) is 48.0 Å². The Morgan fingerprint density at radius 2 is 1.70 bits per heavy atom. The standard InChI is InChI=1S/C20H18FNO3S2/c1-25-19-12-9-16(21)13-20(19)27(23,24)22-17-10-7-15(8-11-17)14-26-18-5-3-2-4-6-18/h2-13,22H,14H2,1H3. The molecule has 0 aliphatic rings. The van der Waals surface area contributed by atoms with Gasteiger partial charge >= 0.3 is 0 Å². The molecule has 4 nitrogen and oxygen atoms in total. The Kier molecular flexibility index (Phi) is 6.03. The predicted octanol–water partition coefficient (Wildman–Crippen LogP) is 4.93. The van der Waals surface area contributed by atoms with Crippen LogP contribution in [0.1, 0.15) is 5.56 Å². The number of hydrogen-bond donors (Lipinski definition) is 1. The summed E-state index contributed by atoms with van der Waals surface area (Å²) < 4.78 is 46.1. The minimum absolute atomic E-state index is 0.0831. The molecule has 0 spiro atoms. The number of sulfonamides is 1. The Balaban J connectivity index is 1.71. The number of ether oxygens (including phenoxy) is 1. The molecule has 1 N–H and O–H groups in total. The fraction of sp³-hybridized carbons (Fsp3) is 0.100. The number of hydrogen-bond acceptors (Lipinski definition) is 4. The summed E-state index contributed by atoms with van der Waals surface area (Å²) in [6, 6.07) is 20.5. The van der Waals surface area contributed by atoms with E-state index in [1.165, 1.54) is 18.1 Å². The van der Waals surface area contributed by atoms with Crippen molar-refractivity contribution in [2.45, 2.75) is 15.5 Å². The molecule has 27 heavy (non-hydrogen) atoms. The molecule has 0 amide bonds. The molecule has 0 radical (unpaired) electrons. The minimum Gasteiger partial charge on any atom is -0.495 e. The average Bonchev–Trinajstić information content (AvgIpc) is 2.68. The average molecular weight is 404 g/mol. The molecular weight excluding hydrogens is 385 g/mol. The molecule has 0 saturated carbocycles. The number of nitrogens with one attached hydrogen (secondary N) is 1. The number of methoxy groups -OCH3 is 1. The van der Waals surface area contributed by atoms with E-state index in [0.29, 0.717) is 5.69 Å². The van der Waals surface area contributed by atoms with Crippen LogP contribution in [0.2, 0.25) is 0 Å². The lowest BCUT2D eigenvalue weighted by atomic mass is 10.2. The second-order valence-electron chi connectivity index (χ2n) is 5.70. The van der Waals surface area contributed by atoms with E-state index in [-0.39, 0.29) is 10.6 Å². The molecule has 140 valence electrons. The first-order valence-electron chi connectivity index (χ1n) is 8.11. The van der Waals surface area contributed by atoms with Crippen molar-refractivity contribution in [1.82, 2.24) is 0 Å². The van der Waals surface area contributed by atoms with Crippen LogP contribution in [0.15, 0.2) is 82.6 Å². The summed E-state index contributed by atoms with van der Waals surface area (Å²) in [6.07, 6.45) is 0. The summed E-state index contributed by atoms with van der Waals surface area (Å²) >= 11 is 1.70. The fourth-order valence-corrected chi connectivity index (χ4v) is 4.54. The van der Waals surface area contributed by atoms with Gasteiger partial charge in [-0.15, -0.1) is 11.8 Å². The number of benzene rings is 3. The molecule has 0 aromatic heterocycles. The first kappa shape index (κ1) is 19.3. The van der Waals surface area contributed by atoms with E-state index in [9.17, 15) is 12.8 Å². The quantitative estimate of drug-likeness (QED) is 0.569. The van der Waals surface area contributed by atoms with Crippen LogP contribution in [-0.4, -0.2) is 15.5 Å². The molecule has 0 aliphatic carbocycles. The van der Waals surface area contributed by atoms with Crippen LogP contribution in [0.3, 0.4) is 0 Å². The summed E-state index contributed by atoms with van der Waals surface area (Å²) in [5, 5.41) is 0. The molecule has 3 rings (SSSR count). The summed E-state index contributed by atoms with van der Waals surface area (Å²) in [4.78, 5) is 0.925. The van der Waals surface area contributed by atoms with E-state index < -0.39 is 15.8 Å². The van der Waals surface area contributed by atoms with E-state index in [0.717, 1.165) is 23.4 Å². The van der Waals surface area contributed by atoms with Gasteiger partial charge < -0.3 is 4.74 Å². The third-order valence-corrected chi connectivity index (χ3v) is 6.26. The second-order valence-corrected chi connectivity index (χ2v) is 8.40. The number of halogens is 1. The first-order chi connectivity index (χ1) is 13.0. The number of anilines is 1. The smallest absolute Gasteiger partial charge is 0.265 e. The Morgan fingerprint density at radius 3 is 2.37 bits per heavy atom. The van der Waals surface area contributed by atoms with Crippen molar-refractivity contribution in [3.8, 4) is 5.75 Å². The Bertz CT molecular complexity index is 1010. The van der Waals surface area contributed by atoms with Gasteiger partial charge in [-0.25, -0.2) is 12.8 Å². The highest BCUT2D eigenvalue weighted by Gasteiger charge is 2.20. The molecule has 0 unspecified atom stereocenters. The summed E-state index contributed by atoms with van der Waals surface area (Å²) in [5.74, 6) is 0.207. The van der Waals surface area contributed by atoms with Gasteiger partial charge in [-0.1, -0.05) is 30.3 Å². The zero-order valence-corrected chi connectivity index (χ0v) is 16.2. The molecule has 7 heteroatoms. The minimum atomic E-state index is -3.97. The van der Waals surface area contributed by atoms with Crippen LogP contribution in [0, 0.1) is 5.82 Å². The van der Waals surface area contributed by atoms with Gasteiger partial charge in [0.2, 0.25) is 0 Å². The molecule has 0 fully saturated rings. The van der Waals surface area contributed by atoms with Gasteiger partial charge in [0.15, 0.2) is 0 Å². The zero-order chi connectivity index (χ0) is 19.3. The first-order valence-corrected chi connectivity index (χ1v) is 10.6. The summed E-state index contributed by atoms with van der Waals surface area (Å²) in [5.41, 5.74) is 1.46. The van der Waals surface area contributed by atoms with Gasteiger partial charge in [0, 0.05) is 16.3 Å². The van der Waals surface area contributed by atoms with Gasteiger partial charge in [0.1, 0.15) is 16.5 Å². The third kappa shape index (κ3) is 5.02. The molecule has 0 atom stereocenters. The van der Waals surface area contributed by atoms with Gasteiger partial charge in [-0.2, -0.15) is 0 Å². The highest BCUT2D eigenvalue weighted by atomic mass is 32.2. The SMILES string of the molecule is COc1ccc(F)cc1S(=O)(=O)Nc1ccc(CSc2ccccc2)cc1. The van der Waals surface area contributed by atoms with E-state index >= 15 is 0 Å². The van der Waals surface area contributed by atoms with E-state index in [1.54, 1.807) is 23.9 Å². The highest BCUT2D eigenvalue weighted by molar-refractivity contribution is 7.98.